The van der Waals surface area contributed by atoms with E-state index in [1.54, 1.807) is 4.90 Å². The minimum Gasteiger partial charge on any atom is -0.462 e. The Kier molecular flexibility index (Phi) is 8.45. The number of likely N-dealkylation sites (tertiary alicyclic amines) is 1. The molecule has 3 aliphatic heterocycles. The summed E-state index contributed by atoms with van der Waals surface area (Å²) < 4.78 is 12.0. The highest BCUT2D eigenvalue weighted by molar-refractivity contribution is 5.93. The third-order valence-electron chi connectivity index (χ3n) is 8.81. The lowest BCUT2D eigenvalue weighted by Crippen LogP contribution is -2.57. The lowest BCUT2D eigenvalue weighted by Gasteiger charge is -2.41. The van der Waals surface area contributed by atoms with E-state index in [1.807, 2.05) is 33.2 Å². The third kappa shape index (κ3) is 6.36. The molecule has 2 aromatic heterocycles. The van der Waals surface area contributed by atoms with Gasteiger partial charge in [0.15, 0.2) is 0 Å². The number of amides is 1. The first-order valence-corrected chi connectivity index (χ1v) is 15.6. The van der Waals surface area contributed by atoms with Crippen molar-refractivity contribution in [2.45, 2.75) is 64.3 Å². The average molecular weight is 599 g/mol. The maximum atomic E-state index is 13.1. The number of carbonyl (C=O) groups is 1. The first-order chi connectivity index (χ1) is 21.2. The Labute approximate surface area is 259 Å². The molecule has 3 aliphatic rings. The van der Waals surface area contributed by atoms with Gasteiger partial charge in [0.2, 0.25) is 6.54 Å². The van der Waals surface area contributed by atoms with Crippen molar-refractivity contribution in [3.8, 4) is 6.01 Å². The van der Waals surface area contributed by atoms with Crippen molar-refractivity contribution in [1.29, 1.82) is 0 Å². The van der Waals surface area contributed by atoms with E-state index < -0.39 is 5.60 Å². The van der Waals surface area contributed by atoms with Crippen LogP contribution in [0.4, 0.5) is 16.3 Å². The Morgan fingerprint density at radius 1 is 1.09 bits per heavy atom. The van der Waals surface area contributed by atoms with Gasteiger partial charge in [0.25, 0.3) is 0 Å². The highest BCUT2D eigenvalue weighted by atomic mass is 16.6. The lowest BCUT2D eigenvalue weighted by molar-refractivity contribution is 0.0155. The van der Waals surface area contributed by atoms with Gasteiger partial charge in [0, 0.05) is 66.6 Å². The summed E-state index contributed by atoms with van der Waals surface area (Å²) in [6, 6.07) is 8.83. The fourth-order valence-corrected chi connectivity index (χ4v) is 6.53. The highest BCUT2D eigenvalue weighted by Gasteiger charge is 2.37. The summed E-state index contributed by atoms with van der Waals surface area (Å²) in [7, 11) is 2.14. The predicted molar refractivity (Wildman–Crippen MR) is 170 cm³/mol. The number of rotatable bonds is 6. The molecule has 232 valence electrons. The Hall–Kier alpha value is -4.17. The number of fused-ring (bicyclic) bond motifs is 2. The molecular formula is C33H42N8O3. The van der Waals surface area contributed by atoms with Crippen LogP contribution in [0.3, 0.4) is 0 Å². The van der Waals surface area contributed by atoms with Crippen LogP contribution in [0.25, 0.3) is 15.6 Å². The summed E-state index contributed by atoms with van der Waals surface area (Å²) >= 11 is 0. The molecule has 0 aliphatic carbocycles. The molecule has 11 heteroatoms. The van der Waals surface area contributed by atoms with Crippen molar-refractivity contribution in [1.82, 2.24) is 24.8 Å². The number of likely N-dealkylation sites (N-methyl/N-ethyl adjacent to an activating group) is 1. The molecule has 3 aromatic rings. The van der Waals surface area contributed by atoms with Crippen LogP contribution in [-0.4, -0.2) is 101 Å². The number of anilines is 2. The van der Waals surface area contributed by atoms with Crippen molar-refractivity contribution in [3.05, 3.63) is 59.3 Å². The number of carbonyl (C=O) groups excluding carboxylic acids is 1. The standard InChI is InChI=1S/C33H42N8O3/c1-33(2,3)44-32(42)41-17-16-40(20-25(41)19-34-4)30-27-12-15-39(29-10-6-8-23-18-35-13-11-26(23)29)21-28(27)36-31(37-30)43-22-24-9-7-14-38(24)5/h6,8,10-11,13,18,24-25H,7,9,12,14-17,19-22H2,1-3,5H3/t24-,25?/m0/s1. The van der Waals surface area contributed by atoms with E-state index in [-0.39, 0.29) is 18.7 Å². The van der Waals surface area contributed by atoms with Gasteiger partial charge >= 0.3 is 12.1 Å². The predicted octanol–water partition coefficient (Wildman–Crippen LogP) is 4.41. The van der Waals surface area contributed by atoms with Gasteiger partial charge < -0.3 is 29.0 Å². The third-order valence-corrected chi connectivity index (χ3v) is 8.81. The summed E-state index contributed by atoms with van der Waals surface area (Å²) in [4.78, 5) is 39.6. The molecule has 2 atom stereocenters. The molecule has 0 spiro atoms. The van der Waals surface area contributed by atoms with Gasteiger partial charge in [0.05, 0.1) is 12.2 Å². The molecule has 1 amide bonds. The molecule has 1 unspecified atom stereocenters. The molecule has 44 heavy (non-hydrogen) atoms. The first kappa shape index (κ1) is 29.9. The lowest BCUT2D eigenvalue weighted by atomic mass is 10.0. The van der Waals surface area contributed by atoms with E-state index in [9.17, 15) is 4.79 Å². The summed E-state index contributed by atoms with van der Waals surface area (Å²) in [5.74, 6) is 0.852. The first-order valence-electron chi connectivity index (χ1n) is 15.6. The zero-order valence-corrected chi connectivity index (χ0v) is 26.2. The van der Waals surface area contributed by atoms with Gasteiger partial charge in [-0.15, -0.1) is 0 Å². The number of piperazine rings is 1. The number of nitrogens with zero attached hydrogens (tertiary/aromatic N) is 8. The van der Waals surface area contributed by atoms with E-state index in [2.05, 4.69) is 55.8 Å². The molecule has 2 saturated heterocycles. The van der Waals surface area contributed by atoms with Crippen LogP contribution >= 0.6 is 0 Å². The highest BCUT2D eigenvalue weighted by Crippen LogP contribution is 2.35. The molecule has 0 N–H and O–H groups in total. The summed E-state index contributed by atoms with van der Waals surface area (Å²) in [6.07, 6.45) is 6.41. The monoisotopic (exact) mass is 598 g/mol. The second-order valence-electron chi connectivity index (χ2n) is 13.0. The van der Waals surface area contributed by atoms with Crippen molar-refractivity contribution in [2.24, 2.45) is 0 Å². The molecule has 2 fully saturated rings. The van der Waals surface area contributed by atoms with Crippen molar-refractivity contribution < 1.29 is 14.3 Å². The Morgan fingerprint density at radius 2 is 1.95 bits per heavy atom. The molecule has 5 heterocycles. The van der Waals surface area contributed by atoms with Crippen molar-refractivity contribution in [2.75, 3.05) is 62.7 Å². The Morgan fingerprint density at radius 3 is 2.73 bits per heavy atom. The van der Waals surface area contributed by atoms with Crippen LogP contribution in [0.5, 0.6) is 6.01 Å². The Bertz CT molecular complexity index is 1550. The quantitative estimate of drug-likeness (QED) is 0.383. The number of ether oxygens (including phenoxy) is 2. The molecule has 0 saturated carbocycles. The fourth-order valence-electron chi connectivity index (χ4n) is 6.53. The number of benzene rings is 1. The van der Waals surface area contributed by atoms with E-state index >= 15 is 0 Å². The summed E-state index contributed by atoms with van der Waals surface area (Å²) in [6.45, 7) is 18.0. The van der Waals surface area contributed by atoms with E-state index in [1.165, 1.54) is 11.8 Å². The number of hydrogen-bond donors (Lipinski definition) is 0. The minimum absolute atomic E-state index is 0.199. The molecular weight excluding hydrogens is 556 g/mol. The zero-order chi connectivity index (χ0) is 30.8. The summed E-state index contributed by atoms with van der Waals surface area (Å²) in [5.41, 5.74) is 2.63. The minimum atomic E-state index is -0.602. The van der Waals surface area contributed by atoms with E-state index in [0.717, 1.165) is 54.1 Å². The second kappa shape index (κ2) is 12.4. The van der Waals surface area contributed by atoms with E-state index in [4.69, 9.17) is 26.0 Å². The summed E-state index contributed by atoms with van der Waals surface area (Å²) in [5, 5.41) is 2.28. The topological polar surface area (TPSA) is 91.5 Å². The fraction of sp³-hybridized carbons (Fsp3) is 0.545. The SMILES string of the molecule is [C-]#[N+]CC1CN(c2nc(OC[C@@H]3CCCN3C)nc3c2CCN(c2cccc4cnccc24)C3)CCN1C(=O)OC(C)(C)C. The molecule has 1 aromatic carbocycles. The van der Waals surface area contributed by atoms with Gasteiger partial charge in [-0.05, 0) is 65.8 Å². The van der Waals surface area contributed by atoms with Crippen molar-refractivity contribution >= 4 is 28.4 Å². The number of pyridine rings is 1. The van der Waals surface area contributed by atoms with Gasteiger partial charge in [-0.1, -0.05) is 12.1 Å². The van der Waals surface area contributed by atoms with Gasteiger partial charge in [0.1, 0.15) is 24.1 Å². The number of hydrogen-bond acceptors (Lipinski definition) is 9. The average Bonchev–Trinajstić information content (AvgIpc) is 3.42. The second-order valence-corrected chi connectivity index (χ2v) is 13.0. The van der Waals surface area contributed by atoms with Crippen LogP contribution in [0.1, 0.15) is 44.9 Å². The van der Waals surface area contributed by atoms with Crippen LogP contribution in [0.2, 0.25) is 0 Å². The smallest absolute Gasteiger partial charge is 0.410 e. The molecule has 0 radical (unpaired) electrons. The van der Waals surface area contributed by atoms with Crippen LogP contribution in [0.15, 0.2) is 36.7 Å². The largest absolute Gasteiger partial charge is 0.462 e. The van der Waals surface area contributed by atoms with E-state index in [0.29, 0.717) is 44.8 Å². The normalized spacial score (nSPS) is 20.8. The molecule has 0 bridgehead atoms. The van der Waals surface area contributed by atoms with Crippen LogP contribution in [0, 0.1) is 6.57 Å². The maximum Gasteiger partial charge on any atom is 0.410 e. The Balaban J connectivity index is 1.30. The number of aromatic nitrogens is 3. The molecule has 6 rings (SSSR count). The van der Waals surface area contributed by atoms with Gasteiger partial charge in [-0.3, -0.25) is 9.88 Å². The van der Waals surface area contributed by atoms with Gasteiger partial charge in [-0.25, -0.2) is 11.4 Å². The molecule has 11 nitrogen and oxygen atoms in total. The van der Waals surface area contributed by atoms with Gasteiger partial charge in [-0.2, -0.15) is 9.97 Å². The van der Waals surface area contributed by atoms with Crippen molar-refractivity contribution in [3.63, 3.8) is 0 Å². The maximum absolute atomic E-state index is 13.1. The van der Waals surface area contributed by atoms with Crippen LogP contribution in [-0.2, 0) is 17.7 Å². The van der Waals surface area contributed by atoms with Crippen LogP contribution < -0.4 is 14.5 Å². The zero-order valence-electron chi connectivity index (χ0n) is 26.2.